The van der Waals surface area contributed by atoms with Crippen molar-refractivity contribution in [3.05, 3.63) is 0 Å². The zero-order chi connectivity index (χ0) is 12.0. The third-order valence-electron chi connectivity index (χ3n) is 2.47. The molecule has 6 heteroatoms. The maximum absolute atomic E-state index is 11.5. The van der Waals surface area contributed by atoms with E-state index in [2.05, 4.69) is 15.6 Å². The van der Waals surface area contributed by atoms with Crippen LogP contribution in [-0.4, -0.2) is 49.9 Å². The molecule has 16 heavy (non-hydrogen) atoms. The van der Waals surface area contributed by atoms with E-state index < -0.39 is 0 Å². The number of nitrogens with one attached hydrogen (secondary N) is 2. The smallest absolute Gasteiger partial charge is 0.229 e. The molecule has 0 aromatic carbocycles. The fraction of sp³-hybridized carbons (Fsp3) is 0.700. The topological polar surface area (TPSA) is 73.8 Å². The Morgan fingerprint density at radius 2 is 2.00 bits per heavy atom. The Kier molecular flexibility index (Phi) is 4.75. The molecule has 2 N–H and O–H groups in total. The van der Waals surface area contributed by atoms with Crippen LogP contribution in [0.5, 0.6) is 0 Å². The number of hydrogen-bond acceptors (Lipinski definition) is 3. The second kappa shape index (κ2) is 6.09. The number of rotatable bonds is 3. The van der Waals surface area contributed by atoms with Gasteiger partial charge < -0.3 is 10.6 Å². The SMILES string of the molecule is CN=C(NC)NCCN1C(=O)CCCC1=O. The quantitative estimate of drug-likeness (QED) is 0.380. The number of carbonyl (C=O) groups is 2. The second-order valence-electron chi connectivity index (χ2n) is 3.54. The summed E-state index contributed by atoms with van der Waals surface area (Å²) >= 11 is 0. The zero-order valence-corrected chi connectivity index (χ0v) is 9.75. The van der Waals surface area contributed by atoms with Gasteiger partial charge in [-0.05, 0) is 6.42 Å². The van der Waals surface area contributed by atoms with Gasteiger partial charge in [0.25, 0.3) is 0 Å². The van der Waals surface area contributed by atoms with E-state index in [1.165, 1.54) is 4.90 Å². The van der Waals surface area contributed by atoms with Crippen molar-refractivity contribution < 1.29 is 9.59 Å². The fourth-order valence-corrected chi connectivity index (χ4v) is 1.61. The van der Waals surface area contributed by atoms with Crippen LogP contribution in [0.25, 0.3) is 0 Å². The minimum absolute atomic E-state index is 0.0718. The normalized spacial score (nSPS) is 17.6. The lowest BCUT2D eigenvalue weighted by atomic mass is 10.1. The van der Waals surface area contributed by atoms with E-state index in [-0.39, 0.29) is 11.8 Å². The molecule has 90 valence electrons. The van der Waals surface area contributed by atoms with Crippen LogP contribution in [0.15, 0.2) is 4.99 Å². The summed E-state index contributed by atoms with van der Waals surface area (Å²) in [6.07, 6.45) is 1.64. The molecular formula is C10H18N4O2. The maximum Gasteiger partial charge on any atom is 0.229 e. The van der Waals surface area contributed by atoms with Gasteiger partial charge >= 0.3 is 0 Å². The van der Waals surface area contributed by atoms with Gasteiger partial charge in [-0.1, -0.05) is 0 Å². The molecule has 1 aliphatic heterocycles. The van der Waals surface area contributed by atoms with Crippen LogP contribution in [0, 0.1) is 0 Å². The number of piperidine rings is 1. The van der Waals surface area contributed by atoms with Gasteiger partial charge in [0.2, 0.25) is 11.8 Å². The lowest BCUT2D eigenvalue weighted by Crippen LogP contribution is -2.46. The first kappa shape index (κ1) is 12.5. The number of likely N-dealkylation sites (tertiary alicyclic amines) is 1. The van der Waals surface area contributed by atoms with Crippen molar-refractivity contribution in [2.45, 2.75) is 19.3 Å². The van der Waals surface area contributed by atoms with Gasteiger partial charge in [-0.25, -0.2) is 0 Å². The first-order chi connectivity index (χ1) is 7.69. The number of aliphatic imine (C=N–C) groups is 1. The highest BCUT2D eigenvalue weighted by atomic mass is 16.2. The Labute approximate surface area is 95.1 Å². The molecular weight excluding hydrogens is 208 g/mol. The van der Waals surface area contributed by atoms with E-state index in [4.69, 9.17) is 0 Å². The van der Waals surface area contributed by atoms with Crippen LogP contribution >= 0.6 is 0 Å². The molecule has 6 nitrogen and oxygen atoms in total. The van der Waals surface area contributed by atoms with Crippen LogP contribution in [0.4, 0.5) is 0 Å². The molecule has 1 aliphatic rings. The van der Waals surface area contributed by atoms with Gasteiger partial charge in [0.1, 0.15) is 0 Å². The van der Waals surface area contributed by atoms with Crippen LogP contribution in [0.1, 0.15) is 19.3 Å². The highest BCUT2D eigenvalue weighted by Gasteiger charge is 2.24. The number of nitrogens with zero attached hydrogens (tertiary/aromatic N) is 2. The standard InChI is InChI=1S/C10H18N4O2/c1-11-10(12-2)13-6-7-14-8(15)4-3-5-9(14)16/h3-7H2,1-2H3,(H2,11,12,13). The zero-order valence-electron chi connectivity index (χ0n) is 9.75. The van der Waals surface area contributed by atoms with Crippen LogP contribution < -0.4 is 10.6 Å². The summed E-state index contributed by atoms with van der Waals surface area (Å²) in [5.74, 6) is 0.506. The van der Waals surface area contributed by atoms with E-state index in [0.29, 0.717) is 38.3 Å². The van der Waals surface area contributed by atoms with Crippen molar-refractivity contribution in [1.29, 1.82) is 0 Å². The number of carbonyl (C=O) groups excluding carboxylic acids is 2. The Balaban J connectivity index is 2.36. The molecule has 1 rings (SSSR count). The first-order valence-corrected chi connectivity index (χ1v) is 5.40. The number of hydrogen-bond donors (Lipinski definition) is 2. The Morgan fingerprint density at radius 3 is 2.50 bits per heavy atom. The molecule has 0 unspecified atom stereocenters. The number of amides is 2. The summed E-state index contributed by atoms with van der Waals surface area (Å²) in [7, 11) is 3.42. The summed E-state index contributed by atoms with van der Waals surface area (Å²) in [5.41, 5.74) is 0. The molecule has 0 aliphatic carbocycles. The molecule has 0 aromatic rings. The molecule has 0 aromatic heterocycles. The molecule has 2 amide bonds. The summed E-state index contributed by atoms with van der Waals surface area (Å²) < 4.78 is 0. The van der Waals surface area contributed by atoms with Crippen molar-refractivity contribution in [2.24, 2.45) is 4.99 Å². The Morgan fingerprint density at radius 1 is 1.38 bits per heavy atom. The van der Waals surface area contributed by atoms with Gasteiger partial charge in [-0.3, -0.25) is 19.5 Å². The predicted octanol–water partition coefficient (Wildman–Crippen LogP) is -0.680. The minimum Gasteiger partial charge on any atom is -0.359 e. The fourth-order valence-electron chi connectivity index (χ4n) is 1.61. The molecule has 1 heterocycles. The summed E-state index contributed by atoms with van der Waals surface area (Å²) in [6, 6.07) is 0. The van der Waals surface area contributed by atoms with Crippen molar-refractivity contribution in [3.8, 4) is 0 Å². The molecule has 0 radical (unpaired) electrons. The van der Waals surface area contributed by atoms with E-state index in [1.54, 1.807) is 14.1 Å². The molecule has 0 bridgehead atoms. The van der Waals surface area contributed by atoms with Gasteiger partial charge in [-0.2, -0.15) is 0 Å². The highest BCUT2D eigenvalue weighted by molar-refractivity contribution is 5.97. The number of guanidine groups is 1. The third kappa shape index (κ3) is 3.22. The Bertz CT molecular complexity index is 285. The van der Waals surface area contributed by atoms with E-state index in [0.717, 1.165) is 0 Å². The van der Waals surface area contributed by atoms with Gasteiger partial charge in [0.05, 0.1) is 0 Å². The minimum atomic E-state index is -0.0718. The lowest BCUT2D eigenvalue weighted by Gasteiger charge is -2.25. The van der Waals surface area contributed by atoms with E-state index in [1.807, 2.05) is 0 Å². The average molecular weight is 226 g/mol. The van der Waals surface area contributed by atoms with E-state index in [9.17, 15) is 9.59 Å². The van der Waals surface area contributed by atoms with Crippen LogP contribution in [-0.2, 0) is 9.59 Å². The predicted molar refractivity (Wildman–Crippen MR) is 61.0 cm³/mol. The maximum atomic E-state index is 11.5. The highest BCUT2D eigenvalue weighted by Crippen LogP contribution is 2.10. The van der Waals surface area contributed by atoms with E-state index >= 15 is 0 Å². The monoisotopic (exact) mass is 226 g/mol. The van der Waals surface area contributed by atoms with Crippen molar-refractivity contribution in [3.63, 3.8) is 0 Å². The van der Waals surface area contributed by atoms with Gasteiger partial charge in [-0.15, -0.1) is 0 Å². The lowest BCUT2D eigenvalue weighted by molar-refractivity contribution is -0.147. The molecule has 1 fully saturated rings. The Hall–Kier alpha value is -1.59. The van der Waals surface area contributed by atoms with Gasteiger partial charge in [0, 0.05) is 40.0 Å². The molecule has 1 saturated heterocycles. The largest absolute Gasteiger partial charge is 0.359 e. The van der Waals surface area contributed by atoms with Gasteiger partial charge in [0.15, 0.2) is 5.96 Å². The van der Waals surface area contributed by atoms with Crippen molar-refractivity contribution >= 4 is 17.8 Å². The molecule has 0 atom stereocenters. The summed E-state index contributed by atoms with van der Waals surface area (Å²) in [4.78, 5) is 28.2. The van der Waals surface area contributed by atoms with Crippen LogP contribution in [0.2, 0.25) is 0 Å². The average Bonchev–Trinajstić information content (AvgIpc) is 2.28. The summed E-state index contributed by atoms with van der Waals surface area (Å²) in [5, 5.41) is 5.86. The van der Waals surface area contributed by atoms with Crippen molar-refractivity contribution in [1.82, 2.24) is 15.5 Å². The third-order valence-corrected chi connectivity index (χ3v) is 2.47. The second-order valence-corrected chi connectivity index (χ2v) is 3.54. The number of imide groups is 1. The molecule has 0 saturated carbocycles. The summed E-state index contributed by atoms with van der Waals surface area (Å²) in [6.45, 7) is 0.920. The van der Waals surface area contributed by atoms with Crippen molar-refractivity contribution in [2.75, 3.05) is 27.2 Å². The molecule has 0 spiro atoms. The first-order valence-electron chi connectivity index (χ1n) is 5.40. The van der Waals surface area contributed by atoms with Crippen LogP contribution in [0.3, 0.4) is 0 Å².